The number of anilines is 2. The van der Waals surface area contributed by atoms with Gasteiger partial charge in [-0.1, -0.05) is 18.2 Å². The van der Waals surface area contributed by atoms with Gasteiger partial charge in [0, 0.05) is 30.2 Å². The van der Waals surface area contributed by atoms with Crippen LogP contribution >= 0.6 is 12.2 Å². The van der Waals surface area contributed by atoms with Crippen LogP contribution in [0.1, 0.15) is 43.5 Å². The van der Waals surface area contributed by atoms with Crippen molar-refractivity contribution in [2.75, 3.05) is 23.3 Å². The van der Waals surface area contributed by atoms with Crippen LogP contribution in [0.3, 0.4) is 0 Å². The summed E-state index contributed by atoms with van der Waals surface area (Å²) in [7, 11) is 0. The lowest BCUT2D eigenvalue weighted by atomic mass is 9.94. The third-order valence-corrected chi connectivity index (χ3v) is 5.85. The minimum Gasteiger partial charge on any atom is -0.372 e. The molecule has 1 unspecified atom stereocenters. The van der Waals surface area contributed by atoms with E-state index in [0.717, 1.165) is 35.6 Å². The van der Waals surface area contributed by atoms with Gasteiger partial charge in [0.05, 0.1) is 11.6 Å². The van der Waals surface area contributed by atoms with E-state index in [0.29, 0.717) is 10.7 Å². The maximum atomic E-state index is 13.2. The number of hydrogen-bond donors (Lipinski definition) is 3. The van der Waals surface area contributed by atoms with Crippen LogP contribution < -0.4 is 20.9 Å². The lowest BCUT2D eigenvalue weighted by Gasteiger charge is -2.31. The van der Waals surface area contributed by atoms with Crippen molar-refractivity contribution >= 4 is 34.6 Å². The molecule has 1 amide bonds. The van der Waals surface area contributed by atoms with Crippen LogP contribution in [0.5, 0.6) is 0 Å². The molecule has 1 aliphatic rings. The molecule has 0 aromatic heterocycles. The molecule has 3 N–H and O–H groups in total. The van der Waals surface area contributed by atoms with Gasteiger partial charge >= 0.3 is 0 Å². The van der Waals surface area contributed by atoms with Crippen LogP contribution in [0, 0.1) is 13.8 Å². The molecular weight excluding hydrogens is 392 g/mol. The molecule has 2 aromatic rings. The monoisotopic (exact) mass is 422 g/mol. The molecule has 0 saturated carbocycles. The predicted octanol–water partition coefficient (Wildman–Crippen LogP) is 4.58. The van der Waals surface area contributed by atoms with Gasteiger partial charge in [0.1, 0.15) is 0 Å². The van der Waals surface area contributed by atoms with Crippen LogP contribution in [0.2, 0.25) is 0 Å². The van der Waals surface area contributed by atoms with E-state index in [1.54, 1.807) is 0 Å². The van der Waals surface area contributed by atoms with Gasteiger partial charge in [-0.25, -0.2) is 0 Å². The minimum atomic E-state index is -0.309. The Bertz CT molecular complexity index is 977. The minimum absolute atomic E-state index is 0.143. The molecule has 158 valence electrons. The van der Waals surface area contributed by atoms with E-state index in [1.165, 1.54) is 11.3 Å². The van der Waals surface area contributed by atoms with Crippen molar-refractivity contribution in [3.05, 3.63) is 70.4 Å². The third kappa shape index (κ3) is 4.65. The fraction of sp³-hybridized carbons (Fsp3) is 0.333. The Kier molecular flexibility index (Phi) is 6.77. The van der Waals surface area contributed by atoms with Gasteiger partial charge in [-0.15, -0.1) is 0 Å². The number of nitrogens with one attached hydrogen (secondary N) is 3. The van der Waals surface area contributed by atoms with Gasteiger partial charge < -0.3 is 20.9 Å². The number of rotatable bonds is 6. The van der Waals surface area contributed by atoms with Crippen LogP contribution in [-0.2, 0) is 4.79 Å². The predicted molar refractivity (Wildman–Crippen MR) is 129 cm³/mol. The summed E-state index contributed by atoms with van der Waals surface area (Å²) in [6, 6.07) is 14.0. The standard InChI is InChI=1S/C24H30N4OS/c1-6-28(7-2)20-12-9-18(10-13-20)22-21(17(5)25-24(30)27-22)23(29)26-19-11-8-15(3)16(4)14-19/h8-14,22H,6-7H2,1-5H3,(H,26,29)(H2,25,27,30). The van der Waals surface area contributed by atoms with Crippen molar-refractivity contribution in [2.24, 2.45) is 0 Å². The summed E-state index contributed by atoms with van der Waals surface area (Å²) in [5.41, 5.74) is 6.69. The van der Waals surface area contributed by atoms with E-state index >= 15 is 0 Å². The van der Waals surface area contributed by atoms with E-state index in [1.807, 2.05) is 32.0 Å². The first kappa shape index (κ1) is 21.8. The zero-order valence-corrected chi connectivity index (χ0v) is 19.1. The molecule has 0 saturated heterocycles. The van der Waals surface area contributed by atoms with Crippen molar-refractivity contribution in [2.45, 2.75) is 40.7 Å². The fourth-order valence-corrected chi connectivity index (χ4v) is 4.00. The summed E-state index contributed by atoms with van der Waals surface area (Å²) in [5, 5.41) is 9.93. The van der Waals surface area contributed by atoms with E-state index in [4.69, 9.17) is 12.2 Å². The van der Waals surface area contributed by atoms with Crippen molar-refractivity contribution in [1.29, 1.82) is 0 Å². The number of benzene rings is 2. The molecule has 0 bridgehead atoms. The van der Waals surface area contributed by atoms with Crippen LogP contribution in [-0.4, -0.2) is 24.1 Å². The van der Waals surface area contributed by atoms with Crippen LogP contribution in [0.4, 0.5) is 11.4 Å². The summed E-state index contributed by atoms with van der Waals surface area (Å²) in [5.74, 6) is -0.143. The normalized spacial score (nSPS) is 16.0. The first-order valence-electron chi connectivity index (χ1n) is 10.4. The molecule has 3 rings (SSSR count). The Morgan fingerprint density at radius 3 is 2.30 bits per heavy atom. The van der Waals surface area contributed by atoms with Crippen LogP contribution in [0.15, 0.2) is 53.7 Å². The number of hydrogen-bond acceptors (Lipinski definition) is 3. The summed E-state index contributed by atoms with van der Waals surface area (Å²) in [4.78, 5) is 15.5. The second kappa shape index (κ2) is 9.30. The van der Waals surface area contributed by atoms with Crippen molar-refractivity contribution < 1.29 is 4.79 Å². The van der Waals surface area contributed by atoms with Gasteiger partial charge in [0.25, 0.3) is 5.91 Å². The lowest BCUT2D eigenvalue weighted by Crippen LogP contribution is -2.45. The molecule has 2 aromatic carbocycles. The molecule has 0 fully saturated rings. The van der Waals surface area contributed by atoms with E-state index < -0.39 is 0 Å². The Morgan fingerprint density at radius 1 is 1.03 bits per heavy atom. The maximum absolute atomic E-state index is 13.2. The molecule has 1 heterocycles. The zero-order valence-electron chi connectivity index (χ0n) is 18.3. The molecule has 0 spiro atoms. The fourth-order valence-electron chi connectivity index (χ4n) is 3.73. The van der Waals surface area contributed by atoms with Gasteiger partial charge in [-0.05, 0) is 87.8 Å². The Hall–Kier alpha value is -2.86. The third-order valence-electron chi connectivity index (χ3n) is 5.63. The molecule has 1 atom stereocenters. The van der Waals surface area contributed by atoms with Gasteiger partial charge in [-0.3, -0.25) is 4.79 Å². The Morgan fingerprint density at radius 2 is 1.70 bits per heavy atom. The molecule has 6 heteroatoms. The number of carbonyl (C=O) groups is 1. The topological polar surface area (TPSA) is 56.4 Å². The first-order valence-corrected chi connectivity index (χ1v) is 10.8. The highest BCUT2D eigenvalue weighted by Crippen LogP contribution is 2.29. The number of amides is 1. The van der Waals surface area contributed by atoms with E-state index in [2.05, 4.69) is 65.9 Å². The van der Waals surface area contributed by atoms with Crippen molar-refractivity contribution in [3.8, 4) is 0 Å². The molecular formula is C24H30N4OS. The molecule has 0 radical (unpaired) electrons. The molecule has 30 heavy (non-hydrogen) atoms. The SMILES string of the molecule is CCN(CC)c1ccc(C2NC(=S)NC(C)=C2C(=O)Nc2ccc(C)c(C)c2)cc1. The summed E-state index contributed by atoms with van der Waals surface area (Å²) < 4.78 is 0. The van der Waals surface area contributed by atoms with Gasteiger partial charge in [0.15, 0.2) is 5.11 Å². The Balaban J connectivity index is 1.90. The number of nitrogens with zero attached hydrogens (tertiary/aromatic N) is 1. The first-order chi connectivity index (χ1) is 14.3. The van der Waals surface area contributed by atoms with Gasteiger partial charge in [0.2, 0.25) is 0 Å². The lowest BCUT2D eigenvalue weighted by molar-refractivity contribution is -0.113. The quantitative estimate of drug-likeness (QED) is 0.595. The molecule has 5 nitrogen and oxygen atoms in total. The number of carbonyl (C=O) groups excluding carboxylic acids is 1. The molecule has 0 aliphatic carbocycles. The second-order valence-corrected chi connectivity index (χ2v) is 8.00. The van der Waals surface area contributed by atoms with Crippen LogP contribution in [0.25, 0.3) is 0 Å². The smallest absolute Gasteiger partial charge is 0.255 e. The Labute approximate surface area is 184 Å². The largest absolute Gasteiger partial charge is 0.372 e. The molecule has 1 aliphatic heterocycles. The summed E-state index contributed by atoms with van der Waals surface area (Å²) in [6.45, 7) is 12.2. The highest BCUT2D eigenvalue weighted by Gasteiger charge is 2.30. The zero-order chi connectivity index (χ0) is 21.8. The maximum Gasteiger partial charge on any atom is 0.255 e. The average molecular weight is 423 g/mol. The van der Waals surface area contributed by atoms with E-state index in [9.17, 15) is 4.79 Å². The van der Waals surface area contributed by atoms with Crippen molar-refractivity contribution in [3.63, 3.8) is 0 Å². The number of allylic oxidation sites excluding steroid dienone is 1. The summed E-state index contributed by atoms with van der Waals surface area (Å²) in [6.07, 6.45) is 0. The highest BCUT2D eigenvalue weighted by molar-refractivity contribution is 7.80. The highest BCUT2D eigenvalue weighted by atomic mass is 32.1. The average Bonchev–Trinajstić information content (AvgIpc) is 2.71. The van der Waals surface area contributed by atoms with E-state index in [-0.39, 0.29) is 11.9 Å². The second-order valence-electron chi connectivity index (χ2n) is 7.59. The number of aryl methyl sites for hydroxylation is 2. The summed E-state index contributed by atoms with van der Waals surface area (Å²) >= 11 is 5.37. The van der Waals surface area contributed by atoms with Crippen molar-refractivity contribution in [1.82, 2.24) is 10.6 Å². The number of thiocarbonyl (C=S) groups is 1. The van der Waals surface area contributed by atoms with Gasteiger partial charge in [-0.2, -0.15) is 0 Å².